The number of rotatable bonds is 4. The molecule has 0 aliphatic rings. The molecule has 3 rings (SSSR count). The van der Waals surface area contributed by atoms with Crippen LogP contribution < -0.4 is 5.43 Å². The van der Waals surface area contributed by atoms with Crippen LogP contribution in [0.5, 0.6) is 0 Å². The molecule has 1 N–H and O–H groups in total. The van der Waals surface area contributed by atoms with Gasteiger partial charge < -0.3 is 0 Å². The summed E-state index contributed by atoms with van der Waals surface area (Å²) in [4.78, 5) is 0. The Morgan fingerprint density at radius 3 is 2.58 bits per heavy atom. The molecule has 3 aromatic rings. The molecule has 2 aromatic heterocycles. The van der Waals surface area contributed by atoms with E-state index in [2.05, 4.69) is 25.8 Å². The second-order valence-corrected chi connectivity index (χ2v) is 5.92. The molecule has 0 unspecified atom stereocenters. The van der Waals surface area contributed by atoms with E-state index >= 15 is 0 Å². The van der Waals surface area contributed by atoms with Crippen LogP contribution in [0, 0.1) is 6.92 Å². The molecule has 122 valence electrons. The predicted octanol–water partition coefficient (Wildman–Crippen LogP) is 4.38. The van der Waals surface area contributed by atoms with Crippen molar-refractivity contribution in [2.75, 3.05) is 5.43 Å². The van der Waals surface area contributed by atoms with E-state index in [1.165, 1.54) is 0 Å². The van der Waals surface area contributed by atoms with Gasteiger partial charge in [-0.25, -0.2) is 4.68 Å². The predicted molar refractivity (Wildman–Crippen MR) is 96.6 cm³/mol. The zero-order chi connectivity index (χ0) is 17.1. The Balaban J connectivity index is 1.85. The first-order valence-electron chi connectivity index (χ1n) is 6.84. The molecule has 6 nitrogen and oxygen atoms in total. The van der Waals surface area contributed by atoms with Crippen molar-refractivity contribution in [1.29, 1.82) is 0 Å². The third-order valence-electron chi connectivity index (χ3n) is 3.13. The molecule has 0 saturated carbocycles. The van der Waals surface area contributed by atoms with Gasteiger partial charge in [0, 0.05) is 0 Å². The number of hydrogen-bond acceptors (Lipinski definition) is 5. The van der Waals surface area contributed by atoms with Crippen molar-refractivity contribution < 1.29 is 0 Å². The summed E-state index contributed by atoms with van der Waals surface area (Å²) in [5, 5.41) is 17.3. The van der Waals surface area contributed by atoms with E-state index in [0.717, 1.165) is 0 Å². The minimum Gasteiger partial charge on any atom is -0.260 e. The number of halogens is 3. The van der Waals surface area contributed by atoms with Crippen molar-refractivity contribution in [3.05, 3.63) is 63.0 Å². The summed E-state index contributed by atoms with van der Waals surface area (Å²) in [6.07, 6.45) is 1.56. The van der Waals surface area contributed by atoms with Crippen LogP contribution >= 0.6 is 34.8 Å². The van der Waals surface area contributed by atoms with Crippen LogP contribution in [0.25, 0.3) is 5.69 Å². The van der Waals surface area contributed by atoms with Crippen molar-refractivity contribution in [2.24, 2.45) is 5.10 Å². The highest BCUT2D eigenvalue weighted by atomic mass is 35.5. The van der Waals surface area contributed by atoms with Gasteiger partial charge in [-0.05, 0) is 31.2 Å². The Morgan fingerprint density at radius 1 is 1.08 bits per heavy atom. The lowest BCUT2D eigenvalue weighted by molar-refractivity contribution is 0.863. The quantitative estimate of drug-likeness (QED) is 0.538. The smallest absolute Gasteiger partial charge is 0.168 e. The van der Waals surface area contributed by atoms with E-state index in [-0.39, 0.29) is 0 Å². The van der Waals surface area contributed by atoms with Crippen LogP contribution in [0.1, 0.15) is 11.3 Å². The number of nitrogens with one attached hydrogen (secondary N) is 1. The summed E-state index contributed by atoms with van der Waals surface area (Å²) in [5.41, 5.74) is 4.84. The maximum absolute atomic E-state index is 6.42. The van der Waals surface area contributed by atoms with E-state index < -0.39 is 0 Å². The summed E-state index contributed by atoms with van der Waals surface area (Å²) in [5.74, 6) is 0.461. The van der Waals surface area contributed by atoms with Crippen molar-refractivity contribution >= 4 is 46.8 Å². The van der Waals surface area contributed by atoms with Gasteiger partial charge in [-0.1, -0.05) is 46.9 Å². The minimum absolute atomic E-state index is 0.310. The lowest BCUT2D eigenvalue weighted by Gasteiger charge is -2.04. The van der Waals surface area contributed by atoms with Crippen molar-refractivity contribution in [2.45, 2.75) is 6.92 Å². The summed E-state index contributed by atoms with van der Waals surface area (Å²) in [6, 6.07) is 10.6. The van der Waals surface area contributed by atoms with Crippen LogP contribution in [0.4, 0.5) is 5.82 Å². The number of aryl methyl sites for hydroxylation is 1. The maximum atomic E-state index is 6.42. The molecule has 24 heavy (non-hydrogen) atoms. The Hall–Kier alpha value is -2.15. The molecular formula is C15H11Cl3N6. The van der Waals surface area contributed by atoms with Gasteiger partial charge in [0.1, 0.15) is 5.15 Å². The highest BCUT2D eigenvalue weighted by Gasteiger charge is 2.14. The molecule has 0 fully saturated rings. The normalized spacial score (nSPS) is 11.2. The minimum atomic E-state index is 0.310. The molecule has 0 spiro atoms. The lowest BCUT2D eigenvalue weighted by Crippen LogP contribution is -1.98. The van der Waals surface area contributed by atoms with E-state index in [9.17, 15) is 0 Å². The van der Waals surface area contributed by atoms with Crippen LogP contribution in [0.2, 0.25) is 15.3 Å². The third-order valence-corrected chi connectivity index (χ3v) is 4.02. The number of nitrogens with zero attached hydrogens (tertiary/aromatic N) is 5. The number of aromatic nitrogens is 4. The highest BCUT2D eigenvalue weighted by Crippen LogP contribution is 2.26. The van der Waals surface area contributed by atoms with Gasteiger partial charge in [-0.2, -0.15) is 10.2 Å². The molecule has 0 amide bonds. The van der Waals surface area contributed by atoms with Gasteiger partial charge in [-0.15, -0.1) is 10.2 Å². The van der Waals surface area contributed by atoms with E-state index in [4.69, 9.17) is 34.8 Å². The van der Waals surface area contributed by atoms with Gasteiger partial charge in [-0.3, -0.25) is 5.43 Å². The zero-order valence-corrected chi connectivity index (χ0v) is 14.7. The zero-order valence-electron chi connectivity index (χ0n) is 12.4. The first kappa shape index (κ1) is 16.7. The topological polar surface area (TPSA) is 68.0 Å². The molecule has 0 aliphatic heterocycles. The summed E-state index contributed by atoms with van der Waals surface area (Å²) in [7, 11) is 0. The fraction of sp³-hybridized carbons (Fsp3) is 0.0667. The van der Waals surface area contributed by atoms with Crippen molar-refractivity contribution in [1.82, 2.24) is 20.0 Å². The van der Waals surface area contributed by atoms with Crippen LogP contribution in [0.3, 0.4) is 0 Å². The summed E-state index contributed by atoms with van der Waals surface area (Å²) >= 11 is 18.3. The number of anilines is 1. The van der Waals surface area contributed by atoms with Gasteiger partial charge in [0.2, 0.25) is 0 Å². The van der Waals surface area contributed by atoms with E-state index in [1.54, 1.807) is 29.1 Å². The molecule has 0 aliphatic carbocycles. The monoisotopic (exact) mass is 380 g/mol. The molecule has 0 saturated heterocycles. The standard InChI is InChI=1S/C15H11Cl3N6/c1-9-10(8-19-21-14-7-6-13(17)20-22-14)15(18)24(23-9)12-5-3-2-4-11(12)16/h2-8H,1H3,(H,21,22). The number of para-hydroxylation sites is 1. The largest absolute Gasteiger partial charge is 0.260 e. The van der Waals surface area contributed by atoms with Gasteiger partial charge in [0.25, 0.3) is 0 Å². The van der Waals surface area contributed by atoms with Gasteiger partial charge in [0.05, 0.1) is 28.2 Å². The molecule has 1 aromatic carbocycles. The molecule has 0 bridgehead atoms. The average Bonchev–Trinajstić information content (AvgIpc) is 2.85. The summed E-state index contributed by atoms with van der Waals surface area (Å²) < 4.78 is 1.57. The van der Waals surface area contributed by atoms with Crippen LogP contribution in [0.15, 0.2) is 41.5 Å². The molecule has 9 heteroatoms. The maximum Gasteiger partial charge on any atom is 0.168 e. The fourth-order valence-electron chi connectivity index (χ4n) is 1.98. The average molecular weight is 382 g/mol. The van der Waals surface area contributed by atoms with Crippen LogP contribution in [-0.4, -0.2) is 26.2 Å². The lowest BCUT2D eigenvalue weighted by atomic mass is 10.3. The number of hydrogen-bond donors (Lipinski definition) is 1. The fourth-order valence-corrected chi connectivity index (χ4v) is 2.61. The second-order valence-electron chi connectivity index (χ2n) is 4.76. The first-order valence-corrected chi connectivity index (χ1v) is 7.98. The number of benzene rings is 1. The Labute approximate surface area is 153 Å². The van der Waals surface area contributed by atoms with Crippen LogP contribution in [-0.2, 0) is 0 Å². The molecule has 0 radical (unpaired) electrons. The third kappa shape index (κ3) is 3.51. The Kier molecular flexibility index (Phi) is 4.99. The van der Waals surface area contributed by atoms with E-state index in [0.29, 0.717) is 38.1 Å². The first-order chi connectivity index (χ1) is 11.6. The second kappa shape index (κ2) is 7.17. The molecule has 0 atom stereocenters. The van der Waals surface area contributed by atoms with E-state index in [1.807, 2.05) is 25.1 Å². The van der Waals surface area contributed by atoms with Crippen molar-refractivity contribution in [3.8, 4) is 5.69 Å². The number of hydrazone groups is 1. The van der Waals surface area contributed by atoms with Gasteiger partial charge in [0.15, 0.2) is 11.0 Å². The molecule has 2 heterocycles. The Morgan fingerprint density at radius 2 is 1.88 bits per heavy atom. The van der Waals surface area contributed by atoms with Crippen molar-refractivity contribution in [3.63, 3.8) is 0 Å². The summed E-state index contributed by atoms with van der Waals surface area (Å²) in [6.45, 7) is 1.84. The highest BCUT2D eigenvalue weighted by molar-refractivity contribution is 6.34. The Bertz CT molecular complexity index is 889. The molecular weight excluding hydrogens is 371 g/mol. The van der Waals surface area contributed by atoms with Gasteiger partial charge >= 0.3 is 0 Å². The SMILES string of the molecule is Cc1nn(-c2ccccc2Cl)c(Cl)c1C=NNc1ccc(Cl)nn1.